The molecule has 0 saturated heterocycles. The van der Waals surface area contributed by atoms with Crippen molar-refractivity contribution in [3.63, 3.8) is 0 Å². The molecule has 0 aliphatic heterocycles. The summed E-state index contributed by atoms with van der Waals surface area (Å²) >= 11 is 0. The largest absolute Gasteiger partial charge is 0.493 e. The van der Waals surface area contributed by atoms with E-state index in [0.29, 0.717) is 29.4 Å². The number of imidazole rings is 1. The molecular weight excluding hydrogens is 418 g/mol. The van der Waals surface area contributed by atoms with Gasteiger partial charge in [0.1, 0.15) is 5.82 Å². The number of aryl methyl sites for hydroxylation is 1. The number of methoxy groups -OCH3 is 3. The Labute approximate surface area is 193 Å². The summed E-state index contributed by atoms with van der Waals surface area (Å²) < 4.78 is 18.4. The zero-order valence-electron chi connectivity index (χ0n) is 19.5. The van der Waals surface area contributed by atoms with Crippen molar-refractivity contribution in [3.05, 3.63) is 77.6 Å². The van der Waals surface area contributed by atoms with Crippen LogP contribution in [-0.2, 0) is 6.54 Å². The topological polar surface area (TPSA) is 65.8 Å². The highest BCUT2D eigenvalue weighted by atomic mass is 16.5. The van der Waals surface area contributed by atoms with Crippen molar-refractivity contribution < 1.29 is 19.0 Å². The molecule has 1 aromatic heterocycles. The molecule has 0 N–H and O–H groups in total. The smallest absolute Gasteiger partial charge is 0.253 e. The molecule has 0 aliphatic carbocycles. The van der Waals surface area contributed by atoms with Crippen LogP contribution in [0.2, 0.25) is 0 Å². The highest BCUT2D eigenvalue weighted by molar-refractivity contribution is 5.97. The van der Waals surface area contributed by atoms with Gasteiger partial charge in [-0.2, -0.15) is 0 Å². The first kappa shape index (κ1) is 22.2. The lowest BCUT2D eigenvalue weighted by atomic mass is 10.1. The third-order valence-electron chi connectivity index (χ3n) is 5.62. The molecule has 4 aromatic rings. The number of aromatic nitrogens is 2. The third-order valence-corrected chi connectivity index (χ3v) is 5.62. The number of benzene rings is 3. The van der Waals surface area contributed by atoms with Gasteiger partial charge < -0.3 is 19.1 Å². The molecule has 1 heterocycles. The summed E-state index contributed by atoms with van der Waals surface area (Å²) in [5.74, 6) is 2.37. The van der Waals surface area contributed by atoms with Crippen LogP contribution in [0, 0.1) is 6.92 Å². The van der Waals surface area contributed by atoms with Crippen LogP contribution in [0.4, 0.5) is 0 Å². The predicted octanol–water partition coefficient (Wildman–Crippen LogP) is 4.63. The number of hydrogen-bond donors (Lipinski definition) is 0. The first-order valence-corrected chi connectivity index (χ1v) is 10.6. The minimum Gasteiger partial charge on any atom is -0.493 e. The number of para-hydroxylation sites is 1. The second kappa shape index (κ2) is 9.24. The molecular formula is C26H27N3O4. The molecule has 0 atom stereocenters. The molecule has 1 amide bonds. The van der Waals surface area contributed by atoms with Gasteiger partial charge in [0.05, 0.1) is 32.4 Å². The fourth-order valence-corrected chi connectivity index (χ4v) is 4.07. The minimum absolute atomic E-state index is 0.111. The fourth-order valence-electron chi connectivity index (χ4n) is 4.07. The van der Waals surface area contributed by atoms with Gasteiger partial charge in [-0.1, -0.05) is 18.2 Å². The van der Waals surface area contributed by atoms with E-state index in [1.165, 1.54) is 0 Å². The van der Waals surface area contributed by atoms with Crippen molar-refractivity contribution in [1.82, 2.24) is 14.5 Å². The van der Waals surface area contributed by atoms with E-state index in [-0.39, 0.29) is 5.91 Å². The van der Waals surface area contributed by atoms with E-state index in [1.54, 1.807) is 39.3 Å². The highest BCUT2D eigenvalue weighted by Crippen LogP contribution is 2.40. The molecule has 7 heteroatoms. The molecule has 4 rings (SSSR count). The van der Waals surface area contributed by atoms with Crippen LogP contribution in [0.1, 0.15) is 21.7 Å². The Kier molecular flexibility index (Phi) is 6.22. The monoisotopic (exact) mass is 445 g/mol. The first-order chi connectivity index (χ1) is 16.0. The van der Waals surface area contributed by atoms with Crippen LogP contribution < -0.4 is 14.2 Å². The van der Waals surface area contributed by atoms with Gasteiger partial charge in [0.2, 0.25) is 5.75 Å². The Morgan fingerprint density at radius 1 is 0.939 bits per heavy atom. The van der Waals surface area contributed by atoms with Crippen LogP contribution in [-0.4, -0.2) is 48.7 Å². The lowest BCUT2D eigenvalue weighted by molar-refractivity contribution is 0.0784. The van der Waals surface area contributed by atoms with Gasteiger partial charge in [-0.3, -0.25) is 9.36 Å². The zero-order chi connectivity index (χ0) is 23.5. The normalized spacial score (nSPS) is 10.8. The average Bonchev–Trinajstić information content (AvgIpc) is 3.18. The second-order valence-corrected chi connectivity index (χ2v) is 7.69. The molecule has 0 aliphatic rings. The van der Waals surface area contributed by atoms with Crippen molar-refractivity contribution in [1.29, 1.82) is 0 Å². The quantitative estimate of drug-likeness (QED) is 0.415. The summed E-state index contributed by atoms with van der Waals surface area (Å²) in [4.78, 5) is 19.6. The molecule has 33 heavy (non-hydrogen) atoms. The number of fused-ring (bicyclic) bond motifs is 1. The molecule has 3 aromatic carbocycles. The Morgan fingerprint density at radius 2 is 1.67 bits per heavy atom. The number of amides is 1. The average molecular weight is 446 g/mol. The molecule has 0 saturated carbocycles. The van der Waals surface area contributed by atoms with Gasteiger partial charge in [-0.15, -0.1) is 0 Å². The van der Waals surface area contributed by atoms with Crippen molar-refractivity contribution >= 4 is 16.9 Å². The number of carbonyl (C=O) groups is 1. The van der Waals surface area contributed by atoms with E-state index in [4.69, 9.17) is 14.2 Å². The summed E-state index contributed by atoms with van der Waals surface area (Å²) in [6.45, 7) is 2.31. The van der Waals surface area contributed by atoms with Crippen LogP contribution >= 0.6 is 0 Å². The SMILES string of the molecule is COc1ccc(CN(C)C(=O)c2ccc3c(c2)nc(C)n3-c2ccccc2)c(OC)c1OC. The Morgan fingerprint density at radius 3 is 2.33 bits per heavy atom. The Hall–Kier alpha value is -4.00. The molecule has 170 valence electrons. The second-order valence-electron chi connectivity index (χ2n) is 7.69. The summed E-state index contributed by atoms with van der Waals surface area (Å²) in [6.07, 6.45) is 0. The molecule has 0 radical (unpaired) electrons. The van der Waals surface area contributed by atoms with Crippen molar-refractivity contribution in [2.24, 2.45) is 0 Å². The van der Waals surface area contributed by atoms with E-state index in [1.807, 2.05) is 61.5 Å². The molecule has 0 bridgehead atoms. The molecule has 0 spiro atoms. The van der Waals surface area contributed by atoms with E-state index in [9.17, 15) is 4.79 Å². The number of ether oxygens (including phenoxy) is 3. The van der Waals surface area contributed by atoms with Crippen LogP contribution in [0.15, 0.2) is 60.7 Å². The summed E-state index contributed by atoms with van der Waals surface area (Å²) in [7, 11) is 6.47. The summed E-state index contributed by atoms with van der Waals surface area (Å²) in [5, 5.41) is 0. The summed E-state index contributed by atoms with van der Waals surface area (Å²) in [5.41, 5.74) is 4.16. The van der Waals surface area contributed by atoms with Gasteiger partial charge in [-0.25, -0.2) is 4.98 Å². The first-order valence-electron chi connectivity index (χ1n) is 10.6. The lowest BCUT2D eigenvalue weighted by Gasteiger charge is -2.21. The van der Waals surface area contributed by atoms with E-state index < -0.39 is 0 Å². The maximum atomic E-state index is 13.2. The zero-order valence-corrected chi connectivity index (χ0v) is 19.5. The van der Waals surface area contributed by atoms with Crippen molar-refractivity contribution in [2.45, 2.75) is 13.5 Å². The van der Waals surface area contributed by atoms with Gasteiger partial charge in [0.25, 0.3) is 5.91 Å². The Bertz CT molecular complexity index is 1300. The standard InChI is InChI=1S/C26H27N3O4/c1-17-27-21-15-18(11-13-22(21)29(17)20-9-7-6-8-10-20)26(30)28(2)16-19-12-14-23(31-3)25(33-5)24(19)32-4/h6-15H,16H2,1-5H3. The maximum Gasteiger partial charge on any atom is 0.253 e. The molecule has 7 nitrogen and oxygen atoms in total. The molecule has 0 unspecified atom stereocenters. The van der Waals surface area contributed by atoms with Crippen LogP contribution in [0.3, 0.4) is 0 Å². The summed E-state index contributed by atoms with van der Waals surface area (Å²) in [6, 6.07) is 19.4. The lowest BCUT2D eigenvalue weighted by Crippen LogP contribution is -2.26. The van der Waals surface area contributed by atoms with Crippen molar-refractivity contribution in [3.8, 4) is 22.9 Å². The minimum atomic E-state index is -0.111. The number of nitrogens with zero attached hydrogens (tertiary/aromatic N) is 3. The van der Waals surface area contributed by atoms with Gasteiger partial charge in [0.15, 0.2) is 11.5 Å². The van der Waals surface area contributed by atoms with E-state index >= 15 is 0 Å². The van der Waals surface area contributed by atoms with E-state index in [0.717, 1.165) is 28.1 Å². The third kappa shape index (κ3) is 4.09. The Balaban J connectivity index is 1.63. The molecule has 0 fully saturated rings. The number of hydrogen-bond acceptors (Lipinski definition) is 5. The van der Waals surface area contributed by atoms with Crippen molar-refractivity contribution in [2.75, 3.05) is 28.4 Å². The predicted molar refractivity (Wildman–Crippen MR) is 128 cm³/mol. The van der Waals surface area contributed by atoms with Gasteiger partial charge in [0, 0.05) is 30.4 Å². The fraction of sp³-hybridized carbons (Fsp3) is 0.231. The van der Waals surface area contributed by atoms with Gasteiger partial charge in [-0.05, 0) is 49.4 Å². The van der Waals surface area contributed by atoms with E-state index in [2.05, 4.69) is 9.55 Å². The maximum absolute atomic E-state index is 13.2. The van der Waals surface area contributed by atoms with Gasteiger partial charge >= 0.3 is 0 Å². The van der Waals surface area contributed by atoms with Crippen LogP contribution in [0.5, 0.6) is 17.2 Å². The highest BCUT2D eigenvalue weighted by Gasteiger charge is 2.20. The van der Waals surface area contributed by atoms with Crippen LogP contribution in [0.25, 0.3) is 16.7 Å². The number of carbonyl (C=O) groups excluding carboxylic acids is 1. The number of rotatable bonds is 7.